The molecule has 0 radical (unpaired) electrons. The highest BCUT2D eigenvalue weighted by atomic mass is 19.4. The van der Waals surface area contributed by atoms with E-state index in [2.05, 4.69) is 34.9 Å². The van der Waals surface area contributed by atoms with Gasteiger partial charge in [0, 0.05) is 31.1 Å². The third-order valence-corrected chi connectivity index (χ3v) is 5.46. The van der Waals surface area contributed by atoms with Crippen LogP contribution < -0.4 is 15.0 Å². The molecule has 2 aliphatic rings. The van der Waals surface area contributed by atoms with E-state index in [1.54, 1.807) is 6.07 Å². The largest absolute Gasteiger partial charge is 0.573 e. The minimum Gasteiger partial charge on any atom is -0.406 e. The Morgan fingerprint density at radius 1 is 1.21 bits per heavy atom. The average molecular weight is 406 g/mol. The fourth-order valence-electron chi connectivity index (χ4n) is 3.51. The average Bonchev–Trinajstić information content (AvgIpc) is 3.51. The van der Waals surface area contributed by atoms with Crippen molar-refractivity contribution in [1.29, 1.82) is 0 Å². The lowest BCUT2D eigenvalue weighted by molar-refractivity contribution is -0.274. The molecule has 4 rings (SSSR count). The highest BCUT2D eigenvalue weighted by molar-refractivity contribution is 5.50. The van der Waals surface area contributed by atoms with E-state index in [0.717, 1.165) is 41.9 Å². The van der Waals surface area contributed by atoms with Crippen LogP contribution in [0.5, 0.6) is 5.75 Å². The predicted octanol–water partition coefficient (Wildman–Crippen LogP) is 5.03. The van der Waals surface area contributed by atoms with Crippen LogP contribution in [0.3, 0.4) is 0 Å². The number of nitrogens with zero attached hydrogens (tertiary/aromatic N) is 3. The van der Waals surface area contributed by atoms with E-state index >= 15 is 0 Å². The van der Waals surface area contributed by atoms with Gasteiger partial charge in [0.25, 0.3) is 0 Å². The van der Waals surface area contributed by atoms with Gasteiger partial charge in [0.05, 0.1) is 5.69 Å². The molecule has 0 unspecified atom stereocenters. The fourth-order valence-corrected chi connectivity index (χ4v) is 3.51. The number of rotatable bonds is 6. The monoisotopic (exact) mass is 406 g/mol. The van der Waals surface area contributed by atoms with E-state index in [-0.39, 0.29) is 11.8 Å². The van der Waals surface area contributed by atoms with Crippen molar-refractivity contribution in [3.8, 4) is 5.75 Å². The summed E-state index contributed by atoms with van der Waals surface area (Å²) in [5, 5.41) is 3.37. The molecular formula is C21H25F3N4O. The summed E-state index contributed by atoms with van der Waals surface area (Å²) in [5.74, 6) is 1.86. The van der Waals surface area contributed by atoms with Gasteiger partial charge in [-0.2, -0.15) is 4.98 Å². The number of halogens is 3. The van der Waals surface area contributed by atoms with Gasteiger partial charge in [0.15, 0.2) is 0 Å². The van der Waals surface area contributed by atoms with Gasteiger partial charge in [0.1, 0.15) is 11.6 Å². The van der Waals surface area contributed by atoms with Crippen LogP contribution in [0.1, 0.15) is 55.8 Å². The summed E-state index contributed by atoms with van der Waals surface area (Å²) in [6.45, 7) is 5.50. The van der Waals surface area contributed by atoms with Crippen LogP contribution in [0.2, 0.25) is 0 Å². The summed E-state index contributed by atoms with van der Waals surface area (Å²) in [4.78, 5) is 11.6. The molecule has 1 aromatic heterocycles. The molecule has 1 fully saturated rings. The molecule has 1 aromatic carbocycles. The Balaban J connectivity index is 1.55. The quantitative estimate of drug-likeness (QED) is 0.730. The van der Waals surface area contributed by atoms with E-state index in [4.69, 9.17) is 9.97 Å². The van der Waals surface area contributed by atoms with Gasteiger partial charge in [-0.05, 0) is 55.9 Å². The van der Waals surface area contributed by atoms with Crippen LogP contribution in [0.25, 0.3) is 0 Å². The SMILES string of the molecule is CC[C@H](C)Nc1nc(C2CC2)cc(N2CCc3cc(OC(F)(F)F)ccc3C2)n1. The summed E-state index contributed by atoms with van der Waals surface area (Å²) in [7, 11) is 0. The Morgan fingerprint density at radius 2 is 2.00 bits per heavy atom. The maximum Gasteiger partial charge on any atom is 0.573 e. The van der Waals surface area contributed by atoms with Crippen molar-refractivity contribution in [2.45, 2.75) is 64.4 Å². The van der Waals surface area contributed by atoms with E-state index in [1.807, 2.05) is 0 Å². The maximum absolute atomic E-state index is 12.5. The molecule has 2 heterocycles. The first kappa shape index (κ1) is 19.8. The molecule has 1 atom stereocenters. The van der Waals surface area contributed by atoms with E-state index in [9.17, 15) is 13.2 Å². The fraction of sp³-hybridized carbons (Fsp3) is 0.524. The van der Waals surface area contributed by atoms with Gasteiger partial charge in [-0.3, -0.25) is 0 Å². The molecule has 5 nitrogen and oxygen atoms in total. The van der Waals surface area contributed by atoms with Crippen LogP contribution in [0.15, 0.2) is 24.3 Å². The number of benzene rings is 1. The van der Waals surface area contributed by atoms with Crippen molar-refractivity contribution in [2.24, 2.45) is 0 Å². The topological polar surface area (TPSA) is 50.3 Å². The summed E-state index contributed by atoms with van der Waals surface area (Å²) < 4.78 is 41.5. The maximum atomic E-state index is 12.5. The minimum absolute atomic E-state index is 0.164. The second-order valence-electron chi connectivity index (χ2n) is 7.85. The molecule has 0 amide bonds. The van der Waals surface area contributed by atoms with Crippen molar-refractivity contribution in [2.75, 3.05) is 16.8 Å². The number of alkyl halides is 3. The third kappa shape index (κ3) is 4.92. The van der Waals surface area contributed by atoms with Crippen molar-refractivity contribution in [3.05, 3.63) is 41.1 Å². The molecular weight excluding hydrogens is 381 g/mol. The lowest BCUT2D eigenvalue weighted by atomic mass is 9.99. The van der Waals surface area contributed by atoms with Crippen molar-refractivity contribution < 1.29 is 17.9 Å². The van der Waals surface area contributed by atoms with Gasteiger partial charge in [-0.15, -0.1) is 13.2 Å². The van der Waals surface area contributed by atoms with Crippen molar-refractivity contribution >= 4 is 11.8 Å². The number of anilines is 2. The summed E-state index contributed by atoms with van der Waals surface area (Å²) in [6.07, 6.45) is -0.741. The number of ether oxygens (including phenoxy) is 1. The van der Waals surface area contributed by atoms with Gasteiger partial charge in [-0.25, -0.2) is 4.98 Å². The van der Waals surface area contributed by atoms with Crippen LogP contribution in [0, 0.1) is 0 Å². The standard InChI is InChI=1S/C21H25F3N4O/c1-3-13(2)25-20-26-18(14-4-5-14)11-19(27-20)28-9-8-15-10-17(29-21(22,23)24)7-6-16(15)12-28/h6-7,10-11,13-14H,3-5,8-9,12H2,1-2H3,(H,25,26,27)/t13-/m0/s1. The summed E-state index contributed by atoms with van der Waals surface area (Å²) in [6, 6.07) is 6.93. The zero-order valence-corrected chi connectivity index (χ0v) is 16.6. The number of hydrogen-bond acceptors (Lipinski definition) is 5. The minimum atomic E-state index is -4.67. The van der Waals surface area contributed by atoms with E-state index < -0.39 is 6.36 Å². The Hall–Kier alpha value is -2.51. The summed E-state index contributed by atoms with van der Waals surface area (Å²) in [5.41, 5.74) is 2.95. The number of nitrogens with one attached hydrogen (secondary N) is 1. The molecule has 29 heavy (non-hydrogen) atoms. The van der Waals surface area contributed by atoms with Crippen LogP contribution >= 0.6 is 0 Å². The van der Waals surface area contributed by atoms with Crippen LogP contribution in [-0.4, -0.2) is 28.9 Å². The lowest BCUT2D eigenvalue weighted by Crippen LogP contribution is -2.31. The van der Waals surface area contributed by atoms with Gasteiger partial charge in [-0.1, -0.05) is 13.0 Å². The Morgan fingerprint density at radius 3 is 2.69 bits per heavy atom. The molecule has 8 heteroatoms. The van der Waals surface area contributed by atoms with E-state index in [1.165, 1.54) is 12.1 Å². The van der Waals surface area contributed by atoms with Crippen LogP contribution in [0.4, 0.5) is 24.9 Å². The molecule has 0 saturated heterocycles. The summed E-state index contributed by atoms with van der Waals surface area (Å²) >= 11 is 0. The molecule has 156 valence electrons. The highest BCUT2D eigenvalue weighted by Crippen LogP contribution is 2.40. The zero-order chi connectivity index (χ0) is 20.6. The van der Waals surface area contributed by atoms with Gasteiger partial charge < -0.3 is 15.0 Å². The second kappa shape index (κ2) is 7.72. The predicted molar refractivity (Wildman–Crippen MR) is 105 cm³/mol. The van der Waals surface area contributed by atoms with Crippen molar-refractivity contribution in [1.82, 2.24) is 9.97 Å². The molecule has 1 aliphatic heterocycles. The molecule has 2 aromatic rings. The highest BCUT2D eigenvalue weighted by Gasteiger charge is 2.32. The van der Waals surface area contributed by atoms with E-state index in [0.29, 0.717) is 31.4 Å². The van der Waals surface area contributed by atoms with Crippen LogP contribution in [-0.2, 0) is 13.0 Å². The number of fused-ring (bicyclic) bond motifs is 1. The Bertz CT molecular complexity index is 883. The first-order chi connectivity index (χ1) is 13.8. The Labute approximate surface area is 168 Å². The third-order valence-electron chi connectivity index (χ3n) is 5.46. The second-order valence-corrected chi connectivity index (χ2v) is 7.85. The van der Waals surface area contributed by atoms with Gasteiger partial charge in [0.2, 0.25) is 5.95 Å². The molecule has 0 spiro atoms. The number of aromatic nitrogens is 2. The van der Waals surface area contributed by atoms with Gasteiger partial charge >= 0.3 is 6.36 Å². The molecule has 1 N–H and O–H groups in total. The smallest absolute Gasteiger partial charge is 0.406 e. The molecule has 1 saturated carbocycles. The Kier molecular flexibility index (Phi) is 5.27. The first-order valence-corrected chi connectivity index (χ1v) is 10.1. The first-order valence-electron chi connectivity index (χ1n) is 10.1. The molecule has 1 aliphatic carbocycles. The lowest BCUT2D eigenvalue weighted by Gasteiger charge is -2.30. The van der Waals surface area contributed by atoms with Crippen molar-refractivity contribution in [3.63, 3.8) is 0 Å². The molecule has 0 bridgehead atoms. The zero-order valence-electron chi connectivity index (χ0n) is 16.6. The normalized spacial score (nSPS) is 17.6. The number of hydrogen-bond donors (Lipinski definition) is 1.